The lowest BCUT2D eigenvalue weighted by atomic mass is 9.72. The first kappa shape index (κ1) is 53.1. The van der Waals surface area contributed by atoms with E-state index in [2.05, 4.69) is 59.8 Å². The molecule has 0 bridgehead atoms. The summed E-state index contributed by atoms with van der Waals surface area (Å²) in [5.74, 6) is -0.621. The van der Waals surface area contributed by atoms with Crippen molar-refractivity contribution in [1.29, 1.82) is 0 Å². The van der Waals surface area contributed by atoms with Crippen LogP contribution >= 0.6 is 0 Å². The number of rotatable bonds is 35. The van der Waals surface area contributed by atoms with Crippen LogP contribution in [0, 0.1) is 5.41 Å². The molecular formula is C52H89NO5. The summed E-state index contributed by atoms with van der Waals surface area (Å²) in [6.07, 6.45) is 43.6. The molecule has 0 heterocycles. The van der Waals surface area contributed by atoms with Crippen LogP contribution < -0.4 is 0 Å². The third-order valence-electron chi connectivity index (χ3n) is 11.7. The molecule has 0 unspecified atom stereocenters. The first-order valence-corrected chi connectivity index (χ1v) is 24.0. The summed E-state index contributed by atoms with van der Waals surface area (Å²) in [4.78, 5) is 40.1. The summed E-state index contributed by atoms with van der Waals surface area (Å²) in [5, 5.41) is 0. The zero-order valence-electron chi connectivity index (χ0n) is 38.9. The van der Waals surface area contributed by atoms with Crippen molar-refractivity contribution in [3.63, 3.8) is 0 Å². The third-order valence-corrected chi connectivity index (χ3v) is 11.7. The minimum atomic E-state index is -0.217. The number of nitrogens with zero attached hydrogens (tertiary/aromatic N) is 1. The van der Waals surface area contributed by atoms with Crippen LogP contribution in [0.1, 0.15) is 222 Å². The Labute approximate surface area is 357 Å². The van der Waals surface area contributed by atoms with Gasteiger partial charge in [0.25, 0.3) is 0 Å². The van der Waals surface area contributed by atoms with E-state index in [1.807, 2.05) is 19.1 Å². The predicted octanol–water partition coefficient (Wildman–Crippen LogP) is 14.8. The number of esters is 2. The highest BCUT2D eigenvalue weighted by molar-refractivity contribution is 5.88. The molecule has 1 aliphatic carbocycles. The molecule has 0 aliphatic heterocycles. The topological polar surface area (TPSA) is 72.9 Å². The van der Waals surface area contributed by atoms with Gasteiger partial charge in [0.2, 0.25) is 5.91 Å². The molecule has 0 saturated carbocycles. The van der Waals surface area contributed by atoms with Crippen molar-refractivity contribution >= 4 is 17.8 Å². The number of amides is 1. The van der Waals surface area contributed by atoms with Crippen molar-refractivity contribution in [1.82, 2.24) is 4.90 Å². The van der Waals surface area contributed by atoms with Gasteiger partial charge in [-0.05, 0) is 69.4 Å². The zero-order valence-corrected chi connectivity index (χ0v) is 38.9. The highest BCUT2D eigenvalue weighted by Gasteiger charge is 2.26. The number of carbonyl (C=O) groups is 3. The molecule has 0 aromatic carbocycles. The highest BCUT2D eigenvalue weighted by Crippen LogP contribution is 2.40. The Hall–Kier alpha value is -2.89. The van der Waals surface area contributed by atoms with Gasteiger partial charge in [-0.25, -0.2) is 0 Å². The fourth-order valence-corrected chi connectivity index (χ4v) is 7.85. The Morgan fingerprint density at radius 2 is 1.05 bits per heavy atom. The second-order valence-corrected chi connectivity index (χ2v) is 17.8. The van der Waals surface area contributed by atoms with Crippen LogP contribution in [0.25, 0.3) is 0 Å². The summed E-state index contributed by atoms with van der Waals surface area (Å²) in [6, 6.07) is 0. The molecule has 0 atom stereocenters. The normalized spacial score (nSPS) is 14.8. The van der Waals surface area contributed by atoms with Gasteiger partial charge in [-0.2, -0.15) is 0 Å². The van der Waals surface area contributed by atoms with E-state index in [0.717, 1.165) is 49.7 Å². The van der Waals surface area contributed by atoms with Crippen LogP contribution in [0.2, 0.25) is 0 Å². The van der Waals surface area contributed by atoms with Gasteiger partial charge in [0.05, 0.1) is 13.1 Å². The molecular weight excluding hydrogens is 719 g/mol. The van der Waals surface area contributed by atoms with Gasteiger partial charge in [-0.1, -0.05) is 198 Å². The third kappa shape index (κ3) is 28.5. The number of unbranched alkanes of at least 4 members (excludes halogenated alkanes) is 20. The molecule has 0 aromatic heterocycles. The lowest BCUT2D eigenvalue weighted by molar-refractivity contribution is -0.146. The fraction of sp³-hybridized carbons (Fsp3) is 0.750. The predicted molar refractivity (Wildman–Crippen MR) is 247 cm³/mol. The summed E-state index contributed by atoms with van der Waals surface area (Å²) in [7, 11) is 0. The summed E-state index contributed by atoms with van der Waals surface area (Å²) in [5.41, 5.74) is 5.09. The lowest BCUT2D eigenvalue weighted by Crippen LogP contribution is -2.36. The van der Waals surface area contributed by atoms with E-state index in [9.17, 15) is 14.4 Å². The molecule has 0 fully saturated rings. The molecule has 6 heteroatoms. The first-order chi connectivity index (χ1) is 28.0. The van der Waals surface area contributed by atoms with Crippen molar-refractivity contribution in [2.75, 3.05) is 26.3 Å². The SMILES string of the molecule is CCCCCCCCCCCCCC(=O)OCCN(CCOC(=O)CCCCCCCCCCCCC)C(=O)C=C(C)C=CC=C(C)C=CC1=C(C)CCCC1(C)C. The molecule has 1 rings (SSSR count). The maximum atomic E-state index is 13.4. The van der Waals surface area contributed by atoms with Crippen LogP contribution in [-0.4, -0.2) is 49.0 Å². The van der Waals surface area contributed by atoms with Gasteiger partial charge in [0, 0.05) is 18.9 Å². The number of hydrogen-bond donors (Lipinski definition) is 0. The van der Waals surface area contributed by atoms with Gasteiger partial charge in [0.1, 0.15) is 13.2 Å². The van der Waals surface area contributed by atoms with Crippen LogP contribution in [0.3, 0.4) is 0 Å². The Kier molecular flexibility index (Phi) is 32.0. The van der Waals surface area contributed by atoms with E-state index in [0.29, 0.717) is 12.8 Å². The standard InChI is InChI=1S/C52H89NO5/c1-8-10-12-14-16-18-20-22-24-26-28-35-50(55)57-42-40-53(41-43-58-51(56)36-29-27-25-23-21-19-17-15-13-11-9-2)49(54)44-46(4)33-30-32-45(3)37-38-48-47(5)34-31-39-52(48,6)7/h30,32-33,37-38,44H,8-29,31,34-36,39-43H2,1-7H3. The van der Waals surface area contributed by atoms with Crippen molar-refractivity contribution in [3.05, 3.63) is 58.7 Å². The van der Waals surface area contributed by atoms with Gasteiger partial charge in [-0.15, -0.1) is 0 Å². The molecule has 1 aliphatic rings. The van der Waals surface area contributed by atoms with Crippen LogP contribution in [0.4, 0.5) is 0 Å². The Morgan fingerprint density at radius 3 is 1.48 bits per heavy atom. The van der Waals surface area contributed by atoms with E-state index in [1.54, 1.807) is 11.0 Å². The molecule has 0 radical (unpaired) electrons. The highest BCUT2D eigenvalue weighted by atomic mass is 16.5. The summed E-state index contributed by atoms with van der Waals surface area (Å²) < 4.78 is 11.1. The van der Waals surface area contributed by atoms with E-state index >= 15 is 0 Å². The van der Waals surface area contributed by atoms with Crippen molar-refractivity contribution in [2.24, 2.45) is 5.41 Å². The molecule has 0 aromatic rings. The molecule has 0 saturated heterocycles. The van der Waals surface area contributed by atoms with E-state index in [1.165, 1.54) is 133 Å². The van der Waals surface area contributed by atoms with Crippen LogP contribution in [0.5, 0.6) is 0 Å². The average molecular weight is 808 g/mol. The number of allylic oxidation sites excluding steroid dienone is 9. The number of ether oxygens (including phenoxy) is 2. The number of carbonyl (C=O) groups excluding carboxylic acids is 3. The molecule has 332 valence electrons. The zero-order chi connectivity index (χ0) is 42.7. The van der Waals surface area contributed by atoms with E-state index in [-0.39, 0.29) is 49.6 Å². The van der Waals surface area contributed by atoms with Gasteiger partial charge < -0.3 is 14.4 Å². The van der Waals surface area contributed by atoms with Crippen molar-refractivity contribution in [2.45, 2.75) is 222 Å². The smallest absolute Gasteiger partial charge is 0.305 e. The average Bonchev–Trinajstić information content (AvgIpc) is 3.18. The molecule has 58 heavy (non-hydrogen) atoms. The van der Waals surface area contributed by atoms with Crippen molar-refractivity contribution in [3.8, 4) is 0 Å². The van der Waals surface area contributed by atoms with Crippen molar-refractivity contribution < 1.29 is 23.9 Å². The first-order valence-electron chi connectivity index (χ1n) is 24.0. The summed E-state index contributed by atoms with van der Waals surface area (Å²) >= 11 is 0. The van der Waals surface area contributed by atoms with Crippen LogP contribution in [-0.2, 0) is 23.9 Å². The maximum absolute atomic E-state index is 13.4. The van der Waals surface area contributed by atoms with Crippen LogP contribution in [0.15, 0.2) is 58.7 Å². The minimum Gasteiger partial charge on any atom is -0.464 e. The second kappa shape index (κ2) is 34.9. The van der Waals surface area contributed by atoms with Gasteiger partial charge in [-0.3, -0.25) is 14.4 Å². The molecule has 1 amide bonds. The Balaban J connectivity index is 2.60. The number of hydrogen-bond acceptors (Lipinski definition) is 5. The summed E-state index contributed by atoms with van der Waals surface area (Å²) in [6.45, 7) is 16.2. The molecule has 6 nitrogen and oxygen atoms in total. The molecule has 0 spiro atoms. The lowest BCUT2D eigenvalue weighted by Gasteiger charge is -2.32. The maximum Gasteiger partial charge on any atom is 0.305 e. The quantitative estimate of drug-likeness (QED) is 0.0276. The molecule has 0 N–H and O–H groups in total. The minimum absolute atomic E-state index is 0.124. The van der Waals surface area contributed by atoms with Gasteiger partial charge >= 0.3 is 11.9 Å². The van der Waals surface area contributed by atoms with E-state index in [4.69, 9.17) is 9.47 Å². The second-order valence-electron chi connectivity index (χ2n) is 17.8. The fourth-order valence-electron chi connectivity index (χ4n) is 7.85. The largest absolute Gasteiger partial charge is 0.464 e. The Morgan fingerprint density at radius 1 is 0.621 bits per heavy atom. The Bertz CT molecular complexity index is 1220. The van der Waals surface area contributed by atoms with Gasteiger partial charge in [0.15, 0.2) is 0 Å². The monoisotopic (exact) mass is 808 g/mol. The van der Waals surface area contributed by atoms with E-state index < -0.39 is 0 Å².